The number of ether oxygens (including phenoxy) is 1. The van der Waals surface area contributed by atoms with Crippen LogP contribution in [0.25, 0.3) is 0 Å². The summed E-state index contributed by atoms with van der Waals surface area (Å²) in [6.45, 7) is 1.63. The van der Waals surface area contributed by atoms with Crippen LogP contribution in [0.15, 0.2) is 36.5 Å². The minimum absolute atomic E-state index is 0.121. The van der Waals surface area contributed by atoms with Gasteiger partial charge in [-0.2, -0.15) is 0 Å². The number of benzene rings is 1. The highest BCUT2D eigenvalue weighted by atomic mass is 19.1. The molecule has 0 amide bonds. The molecule has 100 valence electrons. The molecule has 1 aromatic carbocycles. The van der Waals surface area contributed by atoms with E-state index in [-0.39, 0.29) is 17.2 Å². The first-order valence-electron chi connectivity index (χ1n) is 5.70. The molecule has 0 saturated heterocycles. The van der Waals surface area contributed by atoms with E-state index < -0.39 is 5.97 Å². The Bertz CT molecular complexity index is 695. The normalized spacial score (nSPS) is 9.65. The summed E-state index contributed by atoms with van der Waals surface area (Å²) in [6, 6.07) is 7.45. The molecule has 0 spiro atoms. The fourth-order valence-corrected chi connectivity index (χ4v) is 1.63. The minimum Gasteiger partial charge on any atom is -0.347 e. The van der Waals surface area contributed by atoms with Gasteiger partial charge >= 0.3 is 5.97 Å². The van der Waals surface area contributed by atoms with Gasteiger partial charge in [-0.1, -0.05) is 0 Å². The number of esters is 1. The summed E-state index contributed by atoms with van der Waals surface area (Å²) >= 11 is 0. The summed E-state index contributed by atoms with van der Waals surface area (Å²) in [4.78, 5) is 15.6. The van der Waals surface area contributed by atoms with Crippen molar-refractivity contribution in [1.82, 2.24) is 4.98 Å². The van der Waals surface area contributed by atoms with E-state index >= 15 is 0 Å². The van der Waals surface area contributed by atoms with Gasteiger partial charge < -0.3 is 10.1 Å². The van der Waals surface area contributed by atoms with E-state index in [1.165, 1.54) is 30.7 Å². The number of nitriles is 1. The molecule has 0 bridgehead atoms. The summed E-state index contributed by atoms with van der Waals surface area (Å²) in [5.74, 6) is -0.888. The van der Waals surface area contributed by atoms with Crippen LogP contribution in [0.5, 0.6) is 0 Å². The van der Waals surface area contributed by atoms with Gasteiger partial charge in [0.15, 0.2) is 0 Å². The molecular weight excluding hydrogens is 261 g/mol. The van der Waals surface area contributed by atoms with Crippen molar-refractivity contribution in [2.75, 3.05) is 5.32 Å². The lowest BCUT2D eigenvalue weighted by Crippen LogP contribution is -2.07. The average molecular weight is 271 g/mol. The monoisotopic (exact) mass is 271 g/mol. The lowest BCUT2D eigenvalue weighted by atomic mass is 10.2. The molecule has 0 aliphatic heterocycles. The first kappa shape index (κ1) is 13.5. The SMILES string of the molecule is Cc1cc(Nc2ncccc2C(=O)OC#N)ccc1F. The van der Waals surface area contributed by atoms with Crippen molar-refractivity contribution in [3.05, 3.63) is 53.5 Å². The third kappa shape index (κ3) is 2.90. The molecule has 5 nitrogen and oxygen atoms in total. The molecule has 1 aromatic heterocycles. The number of nitrogens with one attached hydrogen (secondary N) is 1. The molecule has 0 fully saturated rings. The molecule has 0 saturated carbocycles. The number of halogens is 1. The van der Waals surface area contributed by atoms with Crippen molar-refractivity contribution in [3.8, 4) is 6.26 Å². The average Bonchev–Trinajstić information content (AvgIpc) is 2.44. The molecular formula is C14H10FN3O2. The predicted molar refractivity (Wildman–Crippen MR) is 69.7 cm³/mol. The minimum atomic E-state index is -0.804. The van der Waals surface area contributed by atoms with Gasteiger partial charge in [-0.05, 0) is 42.8 Å². The second kappa shape index (κ2) is 5.80. The number of carbonyl (C=O) groups excluding carboxylic acids is 1. The second-order valence-corrected chi connectivity index (χ2v) is 3.97. The highest BCUT2D eigenvalue weighted by Gasteiger charge is 2.14. The fraction of sp³-hybridized carbons (Fsp3) is 0.0714. The number of carbonyl (C=O) groups is 1. The van der Waals surface area contributed by atoms with Crippen LogP contribution < -0.4 is 5.32 Å². The van der Waals surface area contributed by atoms with E-state index in [2.05, 4.69) is 15.0 Å². The standard InChI is InChI=1S/C14H10FN3O2/c1-9-7-10(4-5-12(9)15)18-13-11(3-2-6-17-13)14(19)20-8-16/h2-7H,1H3,(H,17,18). The van der Waals surface area contributed by atoms with Crippen molar-refractivity contribution < 1.29 is 13.9 Å². The summed E-state index contributed by atoms with van der Waals surface area (Å²) in [7, 11) is 0. The van der Waals surface area contributed by atoms with Crippen molar-refractivity contribution in [2.45, 2.75) is 6.92 Å². The maximum absolute atomic E-state index is 13.2. The number of nitrogens with zero attached hydrogens (tertiary/aromatic N) is 2. The number of hydrogen-bond acceptors (Lipinski definition) is 5. The molecule has 2 aromatic rings. The first-order valence-corrected chi connectivity index (χ1v) is 5.70. The summed E-state index contributed by atoms with van der Waals surface area (Å²) in [5, 5.41) is 11.3. The zero-order chi connectivity index (χ0) is 14.5. The Hall–Kier alpha value is -2.94. The van der Waals surface area contributed by atoms with Crippen LogP contribution in [0.1, 0.15) is 15.9 Å². The Kier molecular flexibility index (Phi) is 3.91. The Morgan fingerprint density at radius 3 is 2.95 bits per heavy atom. The van der Waals surface area contributed by atoms with E-state index in [0.717, 1.165) is 0 Å². The van der Waals surface area contributed by atoms with Gasteiger partial charge in [0.05, 0.1) is 0 Å². The van der Waals surface area contributed by atoms with Crippen LogP contribution in [0.3, 0.4) is 0 Å². The van der Waals surface area contributed by atoms with Gasteiger partial charge in [-0.15, -0.1) is 5.26 Å². The molecule has 2 rings (SSSR count). The smallest absolute Gasteiger partial charge is 0.347 e. The zero-order valence-electron chi connectivity index (χ0n) is 10.6. The molecule has 1 heterocycles. The van der Waals surface area contributed by atoms with Gasteiger partial charge in [-0.25, -0.2) is 14.2 Å². The largest absolute Gasteiger partial charge is 0.357 e. The molecule has 0 aliphatic rings. The van der Waals surface area contributed by atoms with Crippen LogP contribution in [0, 0.1) is 24.3 Å². The number of hydrogen-bond donors (Lipinski definition) is 1. The number of aromatic nitrogens is 1. The van der Waals surface area contributed by atoms with Crippen LogP contribution >= 0.6 is 0 Å². The fourth-order valence-electron chi connectivity index (χ4n) is 1.63. The number of rotatable bonds is 3. The molecule has 0 atom stereocenters. The van der Waals surface area contributed by atoms with E-state index in [4.69, 9.17) is 5.26 Å². The van der Waals surface area contributed by atoms with Crippen molar-refractivity contribution in [2.24, 2.45) is 0 Å². The molecule has 0 aliphatic carbocycles. The Morgan fingerprint density at radius 1 is 1.45 bits per heavy atom. The molecule has 0 radical (unpaired) electrons. The lowest BCUT2D eigenvalue weighted by Gasteiger charge is -2.09. The van der Waals surface area contributed by atoms with Crippen LogP contribution in [0.2, 0.25) is 0 Å². The summed E-state index contributed by atoms with van der Waals surface area (Å²) in [6.07, 6.45) is 2.81. The Balaban J connectivity index is 2.32. The quantitative estimate of drug-likeness (QED) is 0.686. The topological polar surface area (TPSA) is 75.0 Å². The van der Waals surface area contributed by atoms with Crippen LogP contribution in [-0.4, -0.2) is 11.0 Å². The Labute approximate surface area is 114 Å². The van der Waals surface area contributed by atoms with E-state index in [9.17, 15) is 9.18 Å². The van der Waals surface area contributed by atoms with Crippen LogP contribution in [0.4, 0.5) is 15.9 Å². The van der Waals surface area contributed by atoms with Gasteiger partial charge in [0, 0.05) is 11.9 Å². The van der Waals surface area contributed by atoms with Crippen molar-refractivity contribution in [1.29, 1.82) is 5.26 Å². The number of aryl methyl sites for hydroxylation is 1. The number of pyridine rings is 1. The van der Waals surface area contributed by atoms with E-state index in [0.29, 0.717) is 11.3 Å². The molecule has 20 heavy (non-hydrogen) atoms. The molecule has 6 heteroatoms. The summed E-state index contributed by atoms with van der Waals surface area (Å²) in [5.41, 5.74) is 1.16. The third-order valence-corrected chi connectivity index (χ3v) is 2.59. The lowest BCUT2D eigenvalue weighted by molar-refractivity contribution is 0.0686. The van der Waals surface area contributed by atoms with Gasteiger partial charge in [0.1, 0.15) is 17.2 Å². The molecule has 0 unspecified atom stereocenters. The zero-order valence-corrected chi connectivity index (χ0v) is 10.6. The van der Waals surface area contributed by atoms with E-state index in [1.54, 1.807) is 19.1 Å². The second-order valence-electron chi connectivity index (χ2n) is 3.97. The van der Waals surface area contributed by atoms with Gasteiger partial charge in [0.25, 0.3) is 6.26 Å². The first-order chi connectivity index (χ1) is 9.61. The predicted octanol–water partition coefficient (Wildman–Crippen LogP) is 2.91. The summed E-state index contributed by atoms with van der Waals surface area (Å²) < 4.78 is 17.5. The maximum atomic E-state index is 13.2. The van der Waals surface area contributed by atoms with Crippen molar-refractivity contribution >= 4 is 17.5 Å². The maximum Gasteiger partial charge on any atom is 0.357 e. The molecule has 1 N–H and O–H groups in total. The van der Waals surface area contributed by atoms with Crippen LogP contribution in [-0.2, 0) is 4.74 Å². The van der Waals surface area contributed by atoms with Crippen molar-refractivity contribution in [3.63, 3.8) is 0 Å². The highest BCUT2D eigenvalue weighted by Crippen LogP contribution is 2.21. The Morgan fingerprint density at radius 2 is 2.25 bits per heavy atom. The van der Waals surface area contributed by atoms with E-state index in [1.807, 2.05) is 0 Å². The highest BCUT2D eigenvalue weighted by molar-refractivity contribution is 5.95. The number of anilines is 2. The van der Waals surface area contributed by atoms with Gasteiger partial charge in [0.2, 0.25) is 0 Å². The third-order valence-electron chi connectivity index (χ3n) is 2.59. The van der Waals surface area contributed by atoms with Gasteiger partial charge in [-0.3, -0.25) is 0 Å².